The van der Waals surface area contributed by atoms with Crippen LogP contribution in [0.3, 0.4) is 0 Å². The lowest BCUT2D eigenvalue weighted by molar-refractivity contribution is -0.173. The number of amides is 1. The molecule has 0 saturated carbocycles. The maximum absolute atomic E-state index is 13.9. The maximum atomic E-state index is 13.9. The van der Waals surface area contributed by atoms with Crippen molar-refractivity contribution in [1.29, 1.82) is 0 Å². The van der Waals surface area contributed by atoms with E-state index in [1.807, 2.05) is 0 Å². The lowest BCUT2D eigenvalue weighted by Crippen LogP contribution is -2.35. The molecule has 2 aliphatic heterocycles. The van der Waals surface area contributed by atoms with E-state index in [1.165, 1.54) is 30.3 Å². The van der Waals surface area contributed by atoms with Gasteiger partial charge >= 0.3 is 6.18 Å². The predicted molar refractivity (Wildman–Crippen MR) is 108 cm³/mol. The summed E-state index contributed by atoms with van der Waals surface area (Å²) in [6.45, 7) is 0.141. The van der Waals surface area contributed by atoms with Gasteiger partial charge in [0.05, 0.1) is 6.04 Å². The summed E-state index contributed by atoms with van der Waals surface area (Å²) in [7, 11) is 0. The summed E-state index contributed by atoms with van der Waals surface area (Å²) in [5.41, 5.74) is 1.09. The van der Waals surface area contributed by atoms with E-state index in [9.17, 15) is 22.4 Å². The Balaban J connectivity index is 1.38. The molecule has 0 radical (unpaired) electrons. The van der Waals surface area contributed by atoms with Crippen molar-refractivity contribution in [3.63, 3.8) is 0 Å². The number of carbonyl (C=O) groups excluding carboxylic acids is 1. The number of carbonyl (C=O) groups is 1. The van der Waals surface area contributed by atoms with E-state index in [0.717, 1.165) is 4.68 Å². The molecular weight excluding hydrogens is 444 g/mol. The Morgan fingerprint density at radius 1 is 1.12 bits per heavy atom. The van der Waals surface area contributed by atoms with Crippen molar-refractivity contribution in [2.24, 2.45) is 0 Å². The molecule has 0 aliphatic carbocycles. The highest BCUT2D eigenvalue weighted by Gasteiger charge is 2.47. The van der Waals surface area contributed by atoms with E-state index in [2.05, 4.69) is 15.7 Å². The molecule has 0 bridgehead atoms. The van der Waals surface area contributed by atoms with Crippen molar-refractivity contribution < 1.29 is 31.8 Å². The minimum absolute atomic E-state index is 0.0607. The highest BCUT2D eigenvalue weighted by atomic mass is 19.4. The number of rotatable bonds is 4. The molecule has 3 heterocycles. The van der Waals surface area contributed by atoms with Crippen LogP contribution in [0.1, 0.15) is 40.1 Å². The van der Waals surface area contributed by atoms with Crippen molar-refractivity contribution in [2.75, 3.05) is 12.1 Å². The van der Waals surface area contributed by atoms with Gasteiger partial charge in [0.2, 0.25) is 6.79 Å². The van der Waals surface area contributed by atoms with Crippen LogP contribution in [-0.2, 0) is 6.54 Å². The summed E-state index contributed by atoms with van der Waals surface area (Å²) < 4.78 is 66.1. The van der Waals surface area contributed by atoms with E-state index in [-0.39, 0.29) is 31.3 Å². The number of hydrogen-bond donors (Lipinski definition) is 2. The first-order valence-electron chi connectivity index (χ1n) is 10.1. The summed E-state index contributed by atoms with van der Waals surface area (Å²) >= 11 is 0. The number of ether oxygens (including phenoxy) is 2. The second kappa shape index (κ2) is 7.98. The van der Waals surface area contributed by atoms with Crippen LogP contribution < -0.4 is 20.1 Å². The molecule has 2 aliphatic rings. The molecule has 1 amide bonds. The molecule has 0 saturated heterocycles. The molecule has 0 fully saturated rings. The fourth-order valence-corrected chi connectivity index (χ4v) is 3.91. The van der Waals surface area contributed by atoms with E-state index in [0.29, 0.717) is 22.6 Å². The summed E-state index contributed by atoms with van der Waals surface area (Å²) in [5, 5.41) is 9.56. The van der Waals surface area contributed by atoms with Gasteiger partial charge in [-0.3, -0.25) is 4.79 Å². The fourth-order valence-electron chi connectivity index (χ4n) is 3.91. The van der Waals surface area contributed by atoms with Gasteiger partial charge in [-0.1, -0.05) is 18.2 Å². The summed E-state index contributed by atoms with van der Waals surface area (Å²) in [5.74, 6) is 0.0415. The van der Waals surface area contributed by atoms with E-state index in [4.69, 9.17) is 9.47 Å². The maximum Gasteiger partial charge on any atom is 0.410 e. The van der Waals surface area contributed by atoms with Crippen LogP contribution in [0.4, 0.5) is 23.4 Å². The average molecular weight is 462 g/mol. The van der Waals surface area contributed by atoms with Crippen LogP contribution in [0, 0.1) is 5.82 Å². The Hall–Kier alpha value is -3.76. The first-order valence-corrected chi connectivity index (χ1v) is 10.1. The van der Waals surface area contributed by atoms with Crippen molar-refractivity contribution in [1.82, 2.24) is 15.1 Å². The normalized spacial score (nSPS) is 19.0. The number of benzene rings is 2. The van der Waals surface area contributed by atoms with Crippen molar-refractivity contribution in [3.05, 3.63) is 71.2 Å². The number of fused-ring (bicyclic) bond motifs is 2. The van der Waals surface area contributed by atoms with Crippen LogP contribution in [0.25, 0.3) is 0 Å². The van der Waals surface area contributed by atoms with Gasteiger partial charge in [-0.25, -0.2) is 9.07 Å². The number of anilines is 1. The van der Waals surface area contributed by atoms with E-state index >= 15 is 0 Å². The molecule has 5 rings (SSSR count). The van der Waals surface area contributed by atoms with E-state index in [1.54, 1.807) is 18.2 Å². The molecule has 11 heteroatoms. The van der Waals surface area contributed by atoms with E-state index < -0.39 is 30.0 Å². The lowest BCUT2D eigenvalue weighted by Gasteiger charge is -2.33. The Labute approximate surface area is 185 Å². The molecule has 2 atom stereocenters. The topological polar surface area (TPSA) is 77.4 Å². The van der Waals surface area contributed by atoms with Gasteiger partial charge in [0.1, 0.15) is 11.6 Å². The zero-order valence-corrected chi connectivity index (χ0v) is 17.0. The van der Waals surface area contributed by atoms with Crippen LogP contribution >= 0.6 is 0 Å². The van der Waals surface area contributed by atoms with Gasteiger partial charge in [0.15, 0.2) is 23.2 Å². The highest BCUT2D eigenvalue weighted by Crippen LogP contribution is 2.45. The smallest absolute Gasteiger partial charge is 0.410 e. The first kappa shape index (κ1) is 21.1. The molecule has 3 aromatic rings. The molecule has 2 N–H and O–H groups in total. The summed E-state index contributed by atoms with van der Waals surface area (Å²) in [6, 6.07) is 9.20. The zero-order chi connectivity index (χ0) is 23.2. The van der Waals surface area contributed by atoms with Crippen LogP contribution in [0.2, 0.25) is 0 Å². The third kappa shape index (κ3) is 4.18. The Morgan fingerprint density at radius 3 is 2.64 bits per heavy atom. The molecule has 33 heavy (non-hydrogen) atoms. The van der Waals surface area contributed by atoms with Crippen LogP contribution in [0.15, 0.2) is 48.5 Å². The first-order chi connectivity index (χ1) is 15.8. The summed E-state index contributed by atoms with van der Waals surface area (Å²) in [4.78, 5) is 12.5. The third-order valence-electron chi connectivity index (χ3n) is 5.59. The van der Waals surface area contributed by atoms with Gasteiger partial charge in [0, 0.05) is 19.0 Å². The molecule has 172 valence electrons. The number of alkyl halides is 3. The minimum Gasteiger partial charge on any atom is -0.454 e. The standard InChI is InChI=1S/C22H18F4N4O3/c23-14-4-1-12(2-5-14)10-27-21(31)16-9-20-28-15(8-19(22(24,25)26)30(20)29-16)13-3-6-17-18(7-13)33-11-32-17/h1-7,9,15,19,28H,8,10-11H2,(H,27,31)/t15-,19+/m0/s1. The van der Waals surface area contributed by atoms with Gasteiger partial charge in [0.25, 0.3) is 5.91 Å². The largest absolute Gasteiger partial charge is 0.454 e. The molecule has 2 aromatic carbocycles. The molecule has 7 nitrogen and oxygen atoms in total. The number of hydrogen-bond acceptors (Lipinski definition) is 5. The molecule has 1 aromatic heterocycles. The van der Waals surface area contributed by atoms with Crippen molar-refractivity contribution in [2.45, 2.75) is 31.2 Å². The monoisotopic (exact) mass is 462 g/mol. The molecule has 0 spiro atoms. The Bertz CT molecular complexity index is 1190. The SMILES string of the molecule is O=C(NCc1ccc(F)cc1)c1cc2n(n1)[C@@H](C(F)(F)F)C[C@@H](c1ccc3c(c1)OCO3)N2. The quantitative estimate of drug-likeness (QED) is 0.564. The van der Waals surface area contributed by atoms with Gasteiger partial charge < -0.3 is 20.1 Å². The third-order valence-corrected chi connectivity index (χ3v) is 5.59. The van der Waals surface area contributed by atoms with Crippen molar-refractivity contribution >= 4 is 11.7 Å². The zero-order valence-electron chi connectivity index (χ0n) is 17.0. The van der Waals surface area contributed by atoms with Crippen LogP contribution in [-0.4, -0.2) is 28.7 Å². The van der Waals surface area contributed by atoms with Crippen molar-refractivity contribution in [3.8, 4) is 11.5 Å². The number of nitrogens with one attached hydrogen (secondary N) is 2. The Kier molecular flexibility index (Phi) is 5.10. The van der Waals surface area contributed by atoms with Crippen LogP contribution in [0.5, 0.6) is 11.5 Å². The minimum atomic E-state index is -4.57. The Morgan fingerprint density at radius 2 is 1.88 bits per heavy atom. The van der Waals surface area contributed by atoms with Gasteiger partial charge in [-0.15, -0.1) is 0 Å². The number of aromatic nitrogens is 2. The average Bonchev–Trinajstić information content (AvgIpc) is 3.43. The lowest BCUT2D eigenvalue weighted by atomic mass is 9.96. The highest BCUT2D eigenvalue weighted by molar-refractivity contribution is 5.93. The fraction of sp³-hybridized carbons (Fsp3) is 0.273. The predicted octanol–water partition coefficient (Wildman–Crippen LogP) is 4.34. The van der Waals surface area contributed by atoms with Gasteiger partial charge in [-0.05, 0) is 35.4 Å². The van der Waals surface area contributed by atoms with Gasteiger partial charge in [-0.2, -0.15) is 18.3 Å². The second-order valence-corrected chi connectivity index (χ2v) is 7.77. The summed E-state index contributed by atoms with van der Waals surface area (Å²) in [6.07, 6.45) is -4.88. The number of halogens is 4. The molecular formula is C22H18F4N4O3. The second-order valence-electron chi connectivity index (χ2n) is 7.77. The number of nitrogens with zero attached hydrogens (tertiary/aromatic N) is 2. The molecule has 0 unspecified atom stereocenters.